The van der Waals surface area contributed by atoms with E-state index in [1.807, 2.05) is 12.1 Å². The molecule has 1 atom stereocenters. The van der Waals surface area contributed by atoms with Crippen LogP contribution in [0.4, 0.5) is 0 Å². The topological polar surface area (TPSA) is 63.3 Å². The molecule has 0 aliphatic rings. The van der Waals surface area contributed by atoms with Crippen LogP contribution in [-0.2, 0) is 11.2 Å². The van der Waals surface area contributed by atoms with E-state index in [1.54, 1.807) is 0 Å². The Morgan fingerprint density at radius 1 is 0.821 bits per heavy atom. The van der Waals surface area contributed by atoms with Crippen molar-refractivity contribution in [3.8, 4) is 11.1 Å². The van der Waals surface area contributed by atoms with Crippen LogP contribution in [0.15, 0.2) is 78.9 Å². The minimum Gasteiger partial charge on any atom is -0.480 e. The van der Waals surface area contributed by atoms with Crippen molar-refractivity contribution in [2.75, 3.05) is 0 Å². The number of carboxylic acid groups (broad SMARTS) is 1. The van der Waals surface area contributed by atoms with Crippen LogP contribution in [0.25, 0.3) is 43.4 Å². The van der Waals surface area contributed by atoms with Crippen molar-refractivity contribution < 1.29 is 9.90 Å². The Hall–Kier alpha value is -3.43. The molecule has 0 radical (unpaired) electrons. The molecule has 5 rings (SSSR count). The zero-order valence-corrected chi connectivity index (χ0v) is 15.2. The summed E-state index contributed by atoms with van der Waals surface area (Å²) >= 11 is 0. The van der Waals surface area contributed by atoms with Gasteiger partial charge in [-0.1, -0.05) is 78.9 Å². The van der Waals surface area contributed by atoms with Gasteiger partial charge in [-0.3, -0.25) is 4.79 Å². The maximum atomic E-state index is 11.1. The van der Waals surface area contributed by atoms with Gasteiger partial charge in [0.05, 0.1) is 0 Å². The number of nitrogens with two attached hydrogens (primary N) is 1. The lowest BCUT2D eigenvalue weighted by atomic mass is 9.89. The molecule has 0 aromatic heterocycles. The molecule has 5 aromatic rings. The average molecular weight is 365 g/mol. The zero-order chi connectivity index (χ0) is 19.3. The Balaban J connectivity index is 1.72. The number of rotatable bonds is 4. The number of hydrogen-bond acceptors (Lipinski definition) is 2. The highest BCUT2D eigenvalue weighted by Crippen LogP contribution is 2.39. The molecule has 5 aromatic carbocycles. The molecular weight excluding hydrogens is 346 g/mol. The van der Waals surface area contributed by atoms with Crippen LogP contribution in [0, 0.1) is 0 Å². The van der Waals surface area contributed by atoms with Gasteiger partial charge in [-0.05, 0) is 55.4 Å². The van der Waals surface area contributed by atoms with Crippen LogP contribution in [0.1, 0.15) is 5.56 Å². The third kappa shape index (κ3) is 2.60. The summed E-state index contributed by atoms with van der Waals surface area (Å²) in [5.74, 6) is -0.979. The second-order valence-electron chi connectivity index (χ2n) is 7.32. The summed E-state index contributed by atoms with van der Waals surface area (Å²) in [6.45, 7) is 0. The number of hydrogen-bond donors (Lipinski definition) is 2. The van der Waals surface area contributed by atoms with Crippen molar-refractivity contribution in [1.82, 2.24) is 0 Å². The van der Waals surface area contributed by atoms with Crippen molar-refractivity contribution in [1.29, 1.82) is 0 Å². The van der Waals surface area contributed by atoms with Gasteiger partial charge >= 0.3 is 5.97 Å². The fourth-order valence-electron chi connectivity index (χ4n) is 4.19. The maximum absolute atomic E-state index is 11.1. The van der Waals surface area contributed by atoms with E-state index in [9.17, 15) is 4.79 Å². The summed E-state index contributed by atoms with van der Waals surface area (Å²) in [4.78, 5) is 11.1. The van der Waals surface area contributed by atoms with Gasteiger partial charge in [-0.25, -0.2) is 0 Å². The third-order valence-electron chi connectivity index (χ3n) is 5.54. The minimum absolute atomic E-state index is 0.314. The molecule has 28 heavy (non-hydrogen) atoms. The maximum Gasteiger partial charge on any atom is 0.320 e. The van der Waals surface area contributed by atoms with E-state index < -0.39 is 12.0 Å². The monoisotopic (exact) mass is 365 g/mol. The second-order valence-corrected chi connectivity index (χ2v) is 7.32. The van der Waals surface area contributed by atoms with Crippen molar-refractivity contribution in [3.05, 3.63) is 84.4 Å². The summed E-state index contributed by atoms with van der Waals surface area (Å²) in [5.41, 5.74) is 8.88. The lowest BCUT2D eigenvalue weighted by molar-refractivity contribution is -0.138. The lowest BCUT2D eigenvalue weighted by Crippen LogP contribution is -2.32. The predicted molar refractivity (Wildman–Crippen MR) is 115 cm³/mol. The molecule has 136 valence electrons. The normalized spacial score (nSPS) is 12.8. The number of aliphatic carboxylic acids is 1. The molecule has 0 aliphatic carbocycles. The molecule has 0 saturated heterocycles. The van der Waals surface area contributed by atoms with Crippen molar-refractivity contribution in [2.24, 2.45) is 5.73 Å². The van der Waals surface area contributed by atoms with Crippen LogP contribution in [0.5, 0.6) is 0 Å². The second kappa shape index (κ2) is 6.32. The van der Waals surface area contributed by atoms with Gasteiger partial charge in [0.2, 0.25) is 0 Å². The highest BCUT2D eigenvalue weighted by Gasteiger charge is 2.14. The van der Waals surface area contributed by atoms with E-state index in [2.05, 4.69) is 66.7 Å². The number of carbonyl (C=O) groups is 1. The van der Waals surface area contributed by atoms with Gasteiger partial charge < -0.3 is 10.8 Å². The van der Waals surface area contributed by atoms with Crippen LogP contribution in [-0.4, -0.2) is 17.1 Å². The summed E-state index contributed by atoms with van der Waals surface area (Å²) in [5, 5.41) is 16.6. The van der Waals surface area contributed by atoms with E-state index >= 15 is 0 Å². The Bertz CT molecular complexity index is 1320. The van der Waals surface area contributed by atoms with Crippen LogP contribution in [0.2, 0.25) is 0 Å². The Morgan fingerprint density at radius 2 is 1.46 bits per heavy atom. The summed E-state index contributed by atoms with van der Waals surface area (Å²) in [7, 11) is 0. The molecule has 0 amide bonds. The molecule has 0 aliphatic heterocycles. The van der Waals surface area contributed by atoms with Crippen molar-refractivity contribution in [3.63, 3.8) is 0 Å². The van der Waals surface area contributed by atoms with Gasteiger partial charge in [0.15, 0.2) is 0 Å². The number of carboxylic acids is 1. The molecule has 3 nitrogen and oxygen atoms in total. The van der Waals surface area contributed by atoms with E-state index in [1.165, 1.54) is 32.3 Å². The van der Waals surface area contributed by atoms with Crippen molar-refractivity contribution >= 4 is 38.3 Å². The molecule has 3 N–H and O–H groups in total. The highest BCUT2D eigenvalue weighted by atomic mass is 16.4. The zero-order valence-electron chi connectivity index (χ0n) is 15.2. The lowest BCUT2D eigenvalue weighted by Gasteiger charge is -2.15. The molecule has 0 fully saturated rings. The SMILES string of the molecule is N[C@@H](Cc1cccc(-c2ccc3ccc4cccc5ccc2c3c45)c1)C(=O)O. The first-order chi connectivity index (χ1) is 13.6. The first-order valence-corrected chi connectivity index (χ1v) is 9.36. The molecule has 0 heterocycles. The Kier molecular flexibility index (Phi) is 3.78. The summed E-state index contributed by atoms with van der Waals surface area (Å²) < 4.78 is 0. The molecule has 3 heteroatoms. The van der Waals surface area contributed by atoms with Gasteiger partial charge in [-0.2, -0.15) is 0 Å². The van der Waals surface area contributed by atoms with Crippen LogP contribution < -0.4 is 5.73 Å². The number of benzene rings is 5. The minimum atomic E-state index is -0.979. The van der Waals surface area contributed by atoms with Gasteiger partial charge in [0.1, 0.15) is 6.04 Å². The van der Waals surface area contributed by atoms with Crippen LogP contribution >= 0.6 is 0 Å². The Morgan fingerprint density at radius 3 is 2.21 bits per heavy atom. The summed E-state index contributed by atoms with van der Waals surface area (Å²) in [6.07, 6.45) is 0.314. The smallest absolute Gasteiger partial charge is 0.320 e. The molecule has 0 saturated carbocycles. The predicted octanol–water partition coefficient (Wildman–Crippen LogP) is 5.21. The van der Waals surface area contributed by atoms with E-state index in [-0.39, 0.29) is 0 Å². The quantitative estimate of drug-likeness (QED) is 0.430. The summed E-state index contributed by atoms with van der Waals surface area (Å²) in [6, 6.07) is 26.6. The van der Waals surface area contributed by atoms with E-state index in [0.29, 0.717) is 6.42 Å². The van der Waals surface area contributed by atoms with Crippen LogP contribution in [0.3, 0.4) is 0 Å². The van der Waals surface area contributed by atoms with Crippen molar-refractivity contribution in [2.45, 2.75) is 12.5 Å². The fraction of sp³-hybridized carbons (Fsp3) is 0.0800. The first kappa shape index (κ1) is 16.7. The van der Waals surface area contributed by atoms with Gasteiger partial charge in [0, 0.05) is 0 Å². The van der Waals surface area contributed by atoms with E-state index in [4.69, 9.17) is 10.8 Å². The molecule has 0 spiro atoms. The molecule has 0 bridgehead atoms. The van der Waals surface area contributed by atoms with Gasteiger partial charge in [0.25, 0.3) is 0 Å². The highest BCUT2D eigenvalue weighted by molar-refractivity contribution is 6.25. The molecule has 0 unspecified atom stereocenters. The largest absolute Gasteiger partial charge is 0.480 e. The van der Waals surface area contributed by atoms with Gasteiger partial charge in [-0.15, -0.1) is 0 Å². The van der Waals surface area contributed by atoms with E-state index in [0.717, 1.165) is 16.7 Å². The molecular formula is C25H19NO2. The first-order valence-electron chi connectivity index (χ1n) is 9.36. The Labute approximate surface area is 162 Å². The fourth-order valence-corrected chi connectivity index (χ4v) is 4.19. The standard InChI is InChI=1S/C25H19NO2/c26-22(25(27)28)14-15-3-1-6-19(13-15)20-11-9-18-8-7-16-4-2-5-17-10-12-21(20)24(18)23(16)17/h1-13,22H,14,26H2,(H,27,28)/t22-/m0/s1. The third-order valence-corrected chi connectivity index (χ3v) is 5.54. The average Bonchev–Trinajstić information content (AvgIpc) is 2.72.